The highest BCUT2D eigenvalue weighted by atomic mass is 19.4. The second-order valence-electron chi connectivity index (χ2n) is 4.88. The van der Waals surface area contributed by atoms with Gasteiger partial charge in [0.2, 0.25) is 0 Å². The van der Waals surface area contributed by atoms with Gasteiger partial charge in [-0.2, -0.15) is 61.5 Å². The topological polar surface area (TPSA) is 38.7 Å². The zero-order valence-electron chi connectivity index (χ0n) is 12.6. The molecule has 2 atom stereocenters. The molecule has 3 nitrogen and oxygen atoms in total. The van der Waals surface area contributed by atoms with Crippen LogP contribution in [0.4, 0.5) is 65.9 Å². The van der Waals surface area contributed by atoms with Crippen LogP contribution in [0.15, 0.2) is 0 Å². The molecule has 0 aliphatic carbocycles. The fourth-order valence-electron chi connectivity index (χ4n) is 1.34. The van der Waals surface area contributed by atoms with Crippen molar-refractivity contribution in [2.75, 3.05) is 6.61 Å². The molecule has 18 heteroatoms. The second-order valence-corrected chi connectivity index (χ2v) is 4.88. The van der Waals surface area contributed by atoms with E-state index < -0.39 is 61.9 Å². The lowest BCUT2D eigenvalue weighted by molar-refractivity contribution is -0.549. The minimum atomic E-state index is -7.58. The van der Waals surface area contributed by atoms with Crippen molar-refractivity contribution < 1.29 is 80.4 Å². The minimum absolute atomic E-state index is 1.39. The third kappa shape index (κ3) is 5.25. The second kappa shape index (κ2) is 7.58. The number of ether oxygens (including phenoxy) is 2. The molecule has 1 N–H and O–H groups in total. The van der Waals surface area contributed by atoms with Gasteiger partial charge in [-0.15, -0.1) is 0 Å². The summed E-state index contributed by atoms with van der Waals surface area (Å²) in [7, 11) is 0. The predicted molar refractivity (Wildman–Crippen MR) is 54.2 cm³/mol. The SMILES string of the molecule is OCCCC(F)(OC(F)(F)C(F)(OC(F)(F)C(F)(F)F)C(F)(F)F)C(F)(F)F. The Morgan fingerprint density at radius 1 is 0.536 bits per heavy atom. The van der Waals surface area contributed by atoms with Gasteiger partial charge in [0.25, 0.3) is 0 Å². The summed E-state index contributed by atoms with van der Waals surface area (Å²) in [4.78, 5) is 0. The first-order valence-corrected chi connectivity index (χ1v) is 6.32. The molecule has 0 rings (SSSR count). The van der Waals surface area contributed by atoms with E-state index >= 15 is 0 Å². The van der Waals surface area contributed by atoms with Crippen LogP contribution in [0.25, 0.3) is 0 Å². The van der Waals surface area contributed by atoms with Gasteiger partial charge < -0.3 is 5.11 Å². The van der Waals surface area contributed by atoms with Crippen molar-refractivity contribution in [2.24, 2.45) is 0 Å². The zero-order chi connectivity index (χ0) is 23.0. The van der Waals surface area contributed by atoms with Gasteiger partial charge in [-0.3, -0.25) is 9.47 Å². The maximum Gasteiger partial charge on any atom is 0.483 e. The summed E-state index contributed by atoms with van der Waals surface area (Å²) in [5, 5.41) is 8.25. The van der Waals surface area contributed by atoms with E-state index in [2.05, 4.69) is 4.74 Å². The molecule has 0 heterocycles. The number of hydrogen-bond acceptors (Lipinski definition) is 3. The van der Waals surface area contributed by atoms with E-state index in [1.807, 2.05) is 0 Å². The number of hydrogen-bond donors (Lipinski definition) is 1. The van der Waals surface area contributed by atoms with E-state index in [4.69, 9.17) is 5.11 Å². The third-order valence-corrected chi connectivity index (χ3v) is 2.71. The first-order valence-electron chi connectivity index (χ1n) is 6.32. The van der Waals surface area contributed by atoms with Gasteiger partial charge in [0.15, 0.2) is 0 Å². The van der Waals surface area contributed by atoms with E-state index in [0.717, 1.165) is 0 Å². The van der Waals surface area contributed by atoms with E-state index in [0.29, 0.717) is 0 Å². The molecule has 0 saturated carbocycles. The average molecular weight is 460 g/mol. The Labute approximate surface area is 144 Å². The van der Waals surface area contributed by atoms with Gasteiger partial charge >= 0.3 is 42.5 Å². The molecule has 0 aromatic carbocycles. The molecule has 0 aliphatic heterocycles. The van der Waals surface area contributed by atoms with Crippen molar-refractivity contribution in [3.8, 4) is 0 Å². The summed E-state index contributed by atoms with van der Waals surface area (Å²) in [5.41, 5.74) is 0. The van der Waals surface area contributed by atoms with Crippen LogP contribution in [0.1, 0.15) is 12.8 Å². The monoisotopic (exact) mass is 460 g/mol. The lowest BCUT2D eigenvalue weighted by Gasteiger charge is -2.39. The lowest BCUT2D eigenvalue weighted by atomic mass is 10.1. The van der Waals surface area contributed by atoms with E-state index in [9.17, 15) is 65.9 Å². The first kappa shape index (κ1) is 26.8. The summed E-state index contributed by atoms with van der Waals surface area (Å²) in [5.74, 6) is -13.5. The third-order valence-electron chi connectivity index (χ3n) is 2.71. The van der Waals surface area contributed by atoms with E-state index in [1.165, 1.54) is 4.74 Å². The van der Waals surface area contributed by atoms with E-state index in [1.54, 1.807) is 0 Å². The van der Waals surface area contributed by atoms with Crippen molar-refractivity contribution >= 4 is 0 Å². The molecule has 0 amide bonds. The summed E-state index contributed by atoms with van der Waals surface area (Å²) in [6, 6.07) is 0. The minimum Gasteiger partial charge on any atom is -0.396 e. The van der Waals surface area contributed by atoms with Gasteiger partial charge in [-0.05, 0) is 6.42 Å². The van der Waals surface area contributed by atoms with Crippen LogP contribution < -0.4 is 0 Å². The van der Waals surface area contributed by atoms with Crippen LogP contribution in [-0.4, -0.2) is 54.2 Å². The van der Waals surface area contributed by atoms with Crippen molar-refractivity contribution in [1.82, 2.24) is 0 Å². The highest BCUT2D eigenvalue weighted by Gasteiger charge is 2.82. The Kier molecular flexibility index (Phi) is 7.27. The number of rotatable bonds is 8. The van der Waals surface area contributed by atoms with Crippen molar-refractivity contribution in [3.63, 3.8) is 0 Å². The predicted octanol–water partition coefficient (Wildman–Crippen LogP) is 5.00. The van der Waals surface area contributed by atoms with Gasteiger partial charge in [-0.1, -0.05) is 0 Å². The summed E-state index contributed by atoms with van der Waals surface area (Å²) in [6.07, 6.45) is -40.0. The molecule has 0 aromatic heterocycles. The highest BCUT2D eigenvalue weighted by molar-refractivity contribution is 4.92. The van der Waals surface area contributed by atoms with Crippen molar-refractivity contribution in [1.29, 1.82) is 0 Å². The van der Waals surface area contributed by atoms with Crippen LogP contribution in [0, 0.1) is 0 Å². The molecule has 0 bridgehead atoms. The Bertz CT molecular complexity index is 524. The Morgan fingerprint density at radius 2 is 0.964 bits per heavy atom. The molecule has 170 valence electrons. The molecule has 0 fully saturated rings. The molecule has 2 unspecified atom stereocenters. The normalized spacial score (nSPS) is 19.3. The summed E-state index contributed by atoms with van der Waals surface area (Å²) < 4.78 is 193. The van der Waals surface area contributed by atoms with Gasteiger partial charge in [0.05, 0.1) is 0 Å². The van der Waals surface area contributed by atoms with Crippen LogP contribution in [0.5, 0.6) is 0 Å². The average Bonchev–Trinajstić information content (AvgIpc) is 2.40. The summed E-state index contributed by atoms with van der Waals surface area (Å²) in [6.45, 7) is -1.39. The fourth-order valence-corrected chi connectivity index (χ4v) is 1.34. The standard InChI is InChI=1S/C10H7F15O3/c11-4(2-1-3-26,6(13,14)15)27-9(22,23)5(12,7(16,17)18)28-10(24,25)8(19,20)21/h26H,1-3H2. The van der Waals surface area contributed by atoms with Gasteiger partial charge in [-0.25, -0.2) is 4.39 Å². The molecule has 0 spiro atoms. The highest BCUT2D eigenvalue weighted by Crippen LogP contribution is 2.55. The molecular weight excluding hydrogens is 453 g/mol. The quantitative estimate of drug-likeness (QED) is 0.519. The molecule has 0 aromatic rings. The number of aliphatic hydroxyl groups excluding tert-OH is 1. The molecule has 0 aliphatic rings. The van der Waals surface area contributed by atoms with Crippen LogP contribution in [0.2, 0.25) is 0 Å². The van der Waals surface area contributed by atoms with Crippen LogP contribution in [-0.2, 0) is 9.47 Å². The van der Waals surface area contributed by atoms with Gasteiger partial charge in [0, 0.05) is 13.0 Å². The molecule has 0 saturated heterocycles. The summed E-state index contributed by atoms with van der Waals surface area (Å²) >= 11 is 0. The largest absolute Gasteiger partial charge is 0.483 e. The van der Waals surface area contributed by atoms with Gasteiger partial charge in [0.1, 0.15) is 0 Å². The van der Waals surface area contributed by atoms with Crippen LogP contribution >= 0.6 is 0 Å². The molecule has 28 heavy (non-hydrogen) atoms. The molecular formula is C10H7F15O3. The smallest absolute Gasteiger partial charge is 0.396 e. The Balaban J connectivity index is 6.28. The lowest BCUT2D eigenvalue weighted by Crippen LogP contribution is -2.65. The number of aliphatic hydroxyl groups is 1. The number of halogens is 15. The van der Waals surface area contributed by atoms with E-state index in [-0.39, 0.29) is 0 Å². The fraction of sp³-hybridized carbons (Fsp3) is 1.00. The van der Waals surface area contributed by atoms with Crippen LogP contribution in [0.3, 0.4) is 0 Å². The maximum atomic E-state index is 13.6. The zero-order valence-corrected chi connectivity index (χ0v) is 12.6. The Morgan fingerprint density at radius 3 is 1.25 bits per heavy atom. The van der Waals surface area contributed by atoms with Crippen molar-refractivity contribution in [3.05, 3.63) is 0 Å². The molecule has 0 radical (unpaired) electrons. The first-order chi connectivity index (χ1) is 12.0. The van der Waals surface area contributed by atoms with Crippen molar-refractivity contribution in [2.45, 2.75) is 55.3 Å². The Hall–Kier alpha value is -1.17. The number of alkyl halides is 15. The maximum absolute atomic E-state index is 13.6.